The summed E-state index contributed by atoms with van der Waals surface area (Å²) in [7, 11) is 0. The minimum atomic E-state index is -0.186. The monoisotopic (exact) mass is 346 g/mol. The maximum absolute atomic E-state index is 12.2. The summed E-state index contributed by atoms with van der Waals surface area (Å²) in [5, 5.41) is 13.4. The van der Waals surface area contributed by atoms with Gasteiger partial charge in [0.15, 0.2) is 0 Å². The molecule has 2 rings (SSSR count). The number of aromatic nitrogens is 2. The van der Waals surface area contributed by atoms with Crippen LogP contribution < -0.4 is 0 Å². The Morgan fingerprint density at radius 1 is 1.42 bits per heavy atom. The van der Waals surface area contributed by atoms with Crippen LogP contribution in [0.3, 0.4) is 0 Å². The van der Waals surface area contributed by atoms with Crippen LogP contribution in [0.2, 0.25) is 5.02 Å². The Labute approximate surface area is 146 Å². The highest BCUT2D eigenvalue weighted by atomic mass is 35.5. The van der Waals surface area contributed by atoms with Crippen LogP contribution in [-0.4, -0.2) is 34.0 Å². The lowest BCUT2D eigenvalue weighted by atomic mass is 10.2. The van der Waals surface area contributed by atoms with Gasteiger partial charge in [-0.25, -0.2) is 0 Å². The van der Waals surface area contributed by atoms with Crippen LogP contribution in [0.1, 0.15) is 26.2 Å². The first-order chi connectivity index (χ1) is 11.5. The average molecular weight is 347 g/mol. The molecule has 126 valence electrons. The number of nitriles is 1. The van der Waals surface area contributed by atoms with Crippen molar-refractivity contribution in [2.75, 3.05) is 13.1 Å². The summed E-state index contributed by atoms with van der Waals surface area (Å²) in [6, 6.07) is 9.27. The third-order valence-corrected chi connectivity index (χ3v) is 3.82. The topological polar surface area (TPSA) is 83.0 Å². The van der Waals surface area contributed by atoms with Crippen LogP contribution in [0.5, 0.6) is 0 Å². The van der Waals surface area contributed by atoms with Crippen LogP contribution in [0.15, 0.2) is 28.8 Å². The first-order valence-corrected chi connectivity index (χ1v) is 8.17. The second-order valence-corrected chi connectivity index (χ2v) is 5.92. The van der Waals surface area contributed by atoms with Crippen molar-refractivity contribution in [1.82, 2.24) is 15.0 Å². The lowest BCUT2D eigenvalue weighted by molar-refractivity contribution is -0.131. The summed E-state index contributed by atoms with van der Waals surface area (Å²) in [5.41, 5.74) is 0.804. The molecule has 1 aromatic carbocycles. The Bertz CT molecular complexity index is 721. The molecular formula is C17H19ClN4O2. The van der Waals surface area contributed by atoms with Gasteiger partial charge in [-0.3, -0.25) is 4.79 Å². The van der Waals surface area contributed by atoms with Gasteiger partial charge in [-0.15, -0.1) is 0 Å². The standard InChI is InChI=1S/C17H19ClN4O2/c1-3-22(11-12(2)10-19)16(23)9-8-15-20-17(21-24-15)13-4-6-14(18)7-5-13/h4-7,12H,3,8-9,11H2,1-2H3. The summed E-state index contributed by atoms with van der Waals surface area (Å²) in [6.45, 7) is 4.70. The van der Waals surface area contributed by atoms with Gasteiger partial charge >= 0.3 is 0 Å². The summed E-state index contributed by atoms with van der Waals surface area (Å²) in [6.07, 6.45) is 0.644. The fourth-order valence-electron chi connectivity index (χ4n) is 2.22. The second-order valence-electron chi connectivity index (χ2n) is 5.48. The number of amides is 1. The molecule has 0 N–H and O–H groups in total. The molecule has 0 fully saturated rings. The van der Waals surface area contributed by atoms with Crippen LogP contribution in [0, 0.1) is 17.2 Å². The van der Waals surface area contributed by atoms with E-state index in [1.54, 1.807) is 24.0 Å². The van der Waals surface area contributed by atoms with E-state index in [2.05, 4.69) is 16.2 Å². The molecule has 7 heteroatoms. The van der Waals surface area contributed by atoms with Crippen LogP contribution in [0.4, 0.5) is 0 Å². The van der Waals surface area contributed by atoms with E-state index in [1.807, 2.05) is 19.1 Å². The van der Waals surface area contributed by atoms with Crippen molar-refractivity contribution >= 4 is 17.5 Å². The molecular weight excluding hydrogens is 328 g/mol. The molecule has 24 heavy (non-hydrogen) atoms. The molecule has 1 atom stereocenters. The molecule has 0 saturated heterocycles. The second kappa shape index (κ2) is 8.46. The first-order valence-electron chi connectivity index (χ1n) is 7.79. The largest absolute Gasteiger partial charge is 0.342 e. The van der Waals surface area contributed by atoms with Gasteiger partial charge in [0.2, 0.25) is 17.6 Å². The molecule has 1 aromatic heterocycles. The van der Waals surface area contributed by atoms with E-state index in [9.17, 15) is 4.79 Å². The van der Waals surface area contributed by atoms with Crippen molar-refractivity contribution in [2.24, 2.45) is 5.92 Å². The summed E-state index contributed by atoms with van der Waals surface area (Å²) in [5.74, 6) is 0.678. The number of carbonyl (C=O) groups is 1. The molecule has 0 aliphatic carbocycles. The molecule has 1 heterocycles. The number of aryl methyl sites for hydroxylation is 1. The van der Waals surface area contributed by atoms with Gasteiger partial charge in [0.25, 0.3) is 0 Å². The smallest absolute Gasteiger partial charge is 0.227 e. The van der Waals surface area contributed by atoms with E-state index in [0.29, 0.717) is 36.2 Å². The summed E-state index contributed by atoms with van der Waals surface area (Å²) < 4.78 is 5.20. The summed E-state index contributed by atoms with van der Waals surface area (Å²) >= 11 is 5.85. The van der Waals surface area contributed by atoms with Gasteiger partial charge in [0.1, 0.15) is 0 Å². The normalized spacial score (nSPS) is 11.8. The van der Waals surface area contributed by atoms with Crippen LogP contribution >= 0.6 is 11.6 Å². The highest BCUT2D eigenvalue weighted by Gasteiger charge is 2.16. The number of nitrogens with zero attached hydrogens (tertiary/aromatic N) is 4. The van der Waals surface area contributed by atoms with E-state index in [1.165, 1.54) is 0 Å². The zero-order valence-electron chi connectivity index (χ0n) is 13.7. The number of carbonyl (C=O) groups excluding carboxylic acids is 1. The van der Waals surface area contributed by atoms with Crippen LogP contribution in [-0.2, 0) is 11.2 Å². The molecule has 2 aromatic rings. The first kappa shape index (κ1) is 18.0. The number of rotatable bonds is 7. The number of halogens is 1. The molecule has 1 unspecified atom stereocenters. The van der Waals surface area contributed by atoms with Gasteiger partial charge < -0.3 is 9.42 Å². The molecule has 0 saturated carbocycles. The third kappa shape index (κ3) is 4.80. The number of hydrogen-bond acceptors (Lipinski definition) is 5. The fourth-order valence-corrected chi connectivity index (χ4v) is 2.35. The van der Waals surface area contributed by atoms with Crippen molar-refractivity contribution in [2.45, 2.75) is 26.7 Å². The van der Waals surface area contributed by atoms with Gasteiger partial charge in [0, 0.05) is 36.5 Å². The fraction of sp³-hybridized carbons (Fsp3) is 0.412. The van der Waals surface area contributed by atoms with Crippen LogP contribution in [0.25, 0.3) is 11.4 Å². The van der Waals surface area contributed by atoms with E-state index in [4.69, 9.17) is 21.4 Å². The Hall–Kier alpha value is -2.39. The highest BCUT2D eigenvalue weighted by Crippen LogP contribution is 2.19. The lowest BCUT2D eigenvalue weighted by Crippen LogP contribution is -2.34. The molecule has 0 aliphatic rings. The molecule has 6 nitrogen and oxygen atoms in total. The van der Waals surface area contributed by atoms with Gasteiger partial charge in [0.05, 0.1) is 12.0 Å². The molecule has 0 bridgehead atoms. The van der Waals surface area contributed by atoms with Crippen molar-refractivity contribution in [3.63, 3.8) is 0 Å². The molecule has 1 amide bonds. The van der Waals surface area contributed by atoms with E-state index in [-0.39, 0.29) is 18.2 Å². The molecule has 0 aliphatic heterocycles. The Morgan fingerprint density at radius 3 is 2.75 bits per heavy atom. The van der Waals surface area contributed by atoms with E-state index in [0.717, 1.165) is 5.56 Å². The maximum atomic E-state index is 12.2. The van der Waals surface area contributed by atoms with Gasteiger partial charge in [-0.2, -0.15) is 10.2 Å². The third-order valence-electron chi connectivity index (χ3n) is 3.57. The van der Waals surface area contributed by atoms with Crippen molar-refractivity contribution in [3.05, 3.63) is 35.2 Å². The Balaban J connectivity index is 1.94. The van der Waals surface area contributed by atoms with Crippen molar-refractivity contribution in [1.29, 1.82) is 5.26 Å². The predicted molar refractivity (Wildman–Crippen MR) is 90.1 cm³/mol. The Morgan fingerprint density at radius 2 is 2.12 bits per heavy atom. The van der Waals surface area contributed by atoms with E-state index < -0.39 is 0 Å². The minimum absolute atomic E-state index is 0.0224. The Kier molecular flexibility index (Phi) is 6.33. The zero-order chi connectivity index (χ0) is 17.5. The quantitative estimate of drug-likeness (QED) is 0.767. The van der Waals surface area contributed by atoms with Crippen molar-refractivity contribution in [3.8, 4) is 17.5 Å². The van der Waals surface area contributed by atoms with Crippen molar-refractivity contribution < 1.29 is 9.32 Å². The summed E-state index contributed by atoms with van der Waals surface area (Å²) in [4.78, 5) is 18.2. The minimum Gasteiger partial charge on any atom is -0.342 e. The lowest BCUT2D eigenvalue weighted by Gasteiger charge is -2.21. The maximum Gasteiger partial charge on any atom is 0.227 e. The SMILES string of the molecule is CCN(CC(C)C#N)C(=O)CCc1nc(-c2ccc(Cl)cc2)no1. The predicted octanol–water partition coefficient (Wildman–Crippen LogP) is 3.33. The highest BCUT2D eigenvalue weighted by molar-refractivity contribution is 6.30. The number of benzene rings is 1. The van der Waals surface area contributed by atoms with Gasteiger partial charge in [-0.1, -0.05) is 16.8 Å². The molecule has 0 spiro atoms. The average Bonchev–Trinajstić information content (AvgIpc) is 3.06. The van der Waals surface area contributed by atoms with E-state index >= 15 is 0 Å². The molecule has 0 radical (unpaired) electrons. The zero-order valence-corrected chi connectivity index (χ0v) is 14.5. The number of hydrogen-bond donors (Lipinski definition) is 0. The van der Waals surface area contributed by atoms with Gasteiger partial charge in [-0.05, 0) is 38.1 Å².